The van der Waals surface area contributed by atoms with Crippen molar-refractivity contribution in [3.05, 3.63) is 35.4 Å². The molecular weight excluding hydrogens is 264 g/mol. The lowest BCUT2D eigenvalue weighted by Crippen LogP contribution is -2.48. The Morgan fingerprint density at radius 3 is 2.05 bits per heavy atom. The van der Waals surface area contributed by atoms with E-state index in [4.69, 9.17) is 10.8 Å². The highest BCUT2D eigenvalue weighted by Gasteiger charge is 2.41. The summed E-state index contributed by atoms with van der Waals surface area (Å²) < 4.78 is 0. The molecule has 1 aliphatic heterocycles. The number of amides is 3. The summed E-state index contributed by atoms with van der Waals surface area (Å²) in [7, 11) is 0. The second kappa shape index (κ2) is 5.12. The lowest BCUT2D eigenvalue weighted by Gasteiger charge is -2.22. The minimum Gasteiger partial charge on any atom is -0.481 e. The summed E-state index contributed by atoms with van der Waals surface area (Å²) in [6, 6.07) is 4.91. The van der Waals surface area contributed by atoms with E-state index in [-0.39, 0.29) is 24.0 Å². The Morgan fingerprint density at radius 1 is 1.15 bits per heavy atom. The van der Waals surface area contributed by atoms with Crippen molar-refractivity contribution in [3.8, 4) is 0 Å². The van der Waals surface area contributed by atoms with Crippen LogP contribution >= 0.6 is 0 Å². The topological polar surface area (TPSA) is 118 Å². The molecule has 0 saturated heterocycles. The van der Waals surface area contributed by atoms with Gasteiger partial charge in [-0.1, -0.05) is 12.1 Å². The molecule has 2 rings (SSSR count). The summed E-state index contributed by atoms with van der Waals surface area (Å²) >= 11 is 0. The van der Waals surface area contributed by atoms with Gasteiger partial charge < -0.3 is 10.8 Å². The van der Waals surface area contributed by atoms with Crippen molar-refractivity contribution in [1.29, 1.82) is 0 Å². The SMILES string of the molecule is NC(=O)C(CCC(=O)O)N1C(=O)c2ccccc2C1=O. The fraction of sp³-hybridized carbons (Fsp3) is 0.231. The lowest BCUT2D eigenvalue weighted by atomic mass is 10.1. The molecule has 0 bridgehead atoms. The fourth-order valence-corrected chi connectivity index (χ4v) is 2.15. The number of hydrogen-bond donors (Lipinski definition) is 2. The maximum Gasteiger partial charge on any atom is 0.303 e. The molecule has 1 aliphatic rings. The monoisotopic (exact) mass is 276 g/mol. The van der Waals surface area contributed by atoms with Crippen molar-refractivity contribution in [3.63, 3.8) is 0 Å². The summed E-state index contributed by atoms with van der Waals surface area (Å²) in [6.45, 7) is 0. The van der Waals surface area contributed by atoms with Crippen LogP contribution in [-0.4, -0.2) is 39.7 Å². The van der Waals surface area contributed by atoms with Crippen LogP contribution in [0, 0.1) is 0 Å². The number of aliphatic carboxylic acids is 1. The van der Waals surface area contributed by atoms with Gasteiger partial charge in [-0.3, -0.25) is 24.1 Å². The smallest absolute Gasteiger partial charge is 0.303 e. The van der Waals surface area contributed by atoms with Gasteiger partial charge in [0.2, 0.25) is 5.91 Å². The van der Waals surface area contributed by atoms with Crippen molar-refractivity contribution in [2.75, 3.05) is 0 Å². The van der Waals surface area contributed by atoms with E-state index in [0.717, 1.165) is 4.90 Å². The molecule has 1 aromatic rings. The standard InChI is InChI=1S/C13H12N2O5/c14-11(18)9(5-6-10(16)17)15-12(19)7-3-1-2-4-8(7)13(15)20/h1-4,9H,5-6H2,(H2,14,18)(H,16,17). The first-order valence-corrected chi connectivity index (χ1v) is 5.91. The lowest BCUT2D eigenvalue weighted by molar-refractivity contribution is -0.137. The van der Waals surface area contributed by atoms with E-state index in [0.29, 0.717) is 0 Å². The zero-order valence-electron chi connectivity index (χ0n) is 10.4. The predicted octanol–water partition coefficient (Wildman–Crippen LogP) is 0.00130. The summed E-state index contributed by atoms with van der Waals surface area (Å²) in [6.07, 6.45) is -0.558. The van der Waals surface area contributed by atoms with E-state index >= 15 is 0 Å². The molecule has 0 saturated carbocycles. The van der Waals surface area contributed by atoms with Gasteiger partial charge in [-0.2, -0.15) is 0 Å². The third kappa shape index (κ3) is 2.25. The molecule has 0 aliphatic carbocycles. The number of carboxylic acids is 1. The van der Waals surface area contributed by atoms with Crippen LogP contribution in [0.15, 0.2) is 24.3 Å². The fourth-order valence-electron chi connectivity index (χ4n) is 2.15. The summed E-state index contributed by atoms with van der Waals surface area (Å²) in [4.78, 5) is 47.0. The molecule has 1 heterocycles. The zero-order chi connectivity index (χ0) is 14.9. The molecule has 3 amide bonds. The van der Waals surface area contributed by atoms with Crippen molar-refractivity contribution in [1.82, 2.24) is 4.90 Å². The van der Waals surface area contributed by atoms with E-state index in [1.807, 2.05) is 0 Å². The summed E-state index contributed by atoms with van der Waals surface area (Å²) in [5, 5.41) is 8.65. The van der Waals surface area contributed by atoms with Gasteiger partial charge in [0.15, 0.2) is 0 Å². The molecule has 0 spiro atoms. The van der Waals surface area contributed by atoms with E-state index < -0.39 is 29.7 Å². The number of nitrogens with two attached hydrogens (primary N) is 1. The number of fused-ring (bicyclic) bond motifs is 1. The molecule has 104 valence electrons. The van der Waals surface area contributed by atoms with Crippen LogP contribution in [0.3, 0.4) is 0 Å². The van der Waals surface area contributed by atoms with Crippen LogP contribution in [0.5, 0.6) is 0 Å². The molecule has 0 fully saturated rings. The summed E-state index contributed by atoms with van der Waals surface area (Å²) in [5.41, 5.74) is 5.57. The van der Waals surface area contributed by atoms with Gasteiger partial charge in [0.25, 0.3) is 11.8 Å². The van der Waals surface area contributed by atoms with Crippen LogP contribution in [-0.2, 0) is 9.59 Å². The van der Waals surface area contributed by atoms with Crippen LogP contribution in [0.1, 0.15) is 33.6 Å². The Morgan fingerprint density at radius 2 is 1.65 bits per heavy atom. The van der Waals surface area contributed by atoms with Crippen LogP contribution in [0.2, 0.25) is 0 Å². The van der Waals surface area contributed by atoms with Gasteiger partial charge in [0, 0.05) is 6.42 Å². The first-order chi connectivity index (χ1) is 9.43. The molecule has 7 nitrogen and oxygen atoms in total. The highest BCUT2D eigenvalue weighted by Crippen LogP contribution is 2.25. The molecule has 0 aromatic heterocycles. The van der Waals surface area contributed by atoms with Crippen molar-refractivity contribution in [2.24, 2.45) is 5.73 Å². The average Bonchev–Trinajstić information content (AvgIpc) is 2.64. The van der Waals surface area contributed by atoms with Gasteiger partial charge in [0.05, 0.1) is 11.1 Å². The summed E-state index contributed by atoms with van der Waals surface area (Å²) in [5.74, 6) is -3.28. The van der Waals surface area contributed by atoms with Crippen molar-refractivity contribution in [2.45, 2.75) is 18.9 Å². The predicted molar refractivity (Wildman–Crippen MR) is 66.8 cm³/mol. The van der Waals surface area contributed by atoms with Crippen LogP contribution in [0.25, 0.3) is 0 Å². The number of carbonyl (C=O) groups is 4. The van der Waals surface area contributed by atoms with E-state index in [2.05, 4.69) is 0 Å². The minimum absolute atomic E-state index is 0.194. The third-order valence-corrected chi connectivity index (χ3v) is 3.10. The number of hydrogen-bond acceptors (Lipinski definition) is 4. The number of benzene rings is 1. The maximum atomic E-state index is 12.1. The molecule has 1 aromatic carbocycles. The Balaban J connectivity index is 2.32. The Kier molecular flexibility index (Phi) is 3.51. The highest BCUT2D eigenvalue weighted by atomic mass is 16.4. The normalized spacial score (nSPS) is 15.1. The average molecular weight is 276 g/mol. The molecule has 20 heavy (non-hydrogen) atoms. The maximum absolute atomic E-state index is 12.1. The number of primary amides is 1. The molecular formula is C13H12N2O5. The van der Waals surface area contributed by atoms with Gasteiger partial charge >= 0.3 is 5.97 Å². The molecule has 7 heteroatoms. The van der Waals surface area contributed by atoms with E-state index in [9.17, 15) is 19.2 Å². The first kappa shape index (κ1) is 13.7. The van der Waals surface area contributed by atoms with Gasteiger partial charge in [-0.25, -0.2) is 0 Å². The van der Waals surface area contributed by atoms with Crippen LogP contribution < -0.4 is 5.73 Å². The van der Waals surface area contributed by atoms with E-state index in [1.165, 1.54) is 12.1 Å². The Bertz CT molecular complexity index is 576. The second-order valence-corrected chi connectivity index (χ2v) is 4.38. The largest absolute Gasteiger partial charge is 0.481 e. The molecule has 0 radical (unpaired) electrons. The first-order valence-electron chi connectivity index (χ1n) is 5.91. The number of carbonyl (C=O) groups excluding carboxylic acids is 3. The number of rotatable bonds is 5. The Hall–Kier alpha value is -2.70. The number of imide groups is 1. The molecule has 3 N–H and O–H groups in total. The second-order valence-electron chi connectivity index (χ2n) is 4.38. The number of nitrogens with zero attached hydrogens (tertiary/aromatic N) is 1. The number of carboxylic acid groups (broad SMARTS) is 1. The third-order valence-electron chi connectivity index (χ3n) is 3.10. The Labute approximate surface area is 114 Å². The van der Waals surface area contributed by atoms with Crippen molar-refractivity contribution < 1.29 is 24.3 Å². The van der Waals surface area contributed by atoms with Crippen molar-refractivity contribution >= 4 is 23.7 Å². The van der Waals surface area contributed by atoms with Gasteiger partial charge in [-0.15, -0.1) is 0 Å². The minimum atomic E-state index is -1.25. The van der Waals surface area contributed by atoms with E-state index in [1.54, 1.807) is 12.1 Å². The zero-order valence-corrected chi connectivity index (χ0v) is 10.4. The van der Waals surface area contributed by atoms with Gasteiger partial charge in [-0.05, 0) is 18.6 Å². The highest BCUT2D eigenvalue weighted by molar-refractivity contribution is 6.22. The molecule has 1 atom stereocenters. The van der Waals surface area contributed by atoms with Gasteiger partial charge in [0.1, 0.15) is 6.04 Å². The van der Waals surface area contributed by atoms with Crippen LogP contribution in [0.4, 0.5) is 0 Å². The quantitative estimate of drug-likeness (QED) is 0.734. The molecule has 1 unspecified atom stereocenters.